The van der Waals surface area contributed by atoms with Gasteiger partial charge in [-0.25, -0.2) is 4.79 Å². The highest BCUT2D eigenvalue weighted by Crippen LogP contribution is 2.42. The van der Waals surface area contributed by atoms with E-state index in [2.05, 4.69) is 28.6 Å². The first-order valence-corrected chi connectivity index (χ1v) is 15.6. The number of hydrogen-bond acceptors (Lipinski definition) is 6. The second-order valence-corrected chi connectivity index (χ2v) is 11.9. The topological polar surface area (TPSA) is 105 Å². The Kier molecular flexibility index (Phi) is 10.2. The van der Waals surface area contributed by atoms with Gasteiger partial charge in [0.1, 0.15) is 6.54 Å². The van der Waals surface area contributed by atoms with Crippen LogP contribution in [0.15, 0.2) is 79.6 Å². The average Bonchev–Trinajstić information content (AvgIpc) is 3.38. The highest BCUT2D eigenvalue weighted by Gasteiger charge is 2.42. The molecule has 248 valence electrons. The lowest BCUT2D eigenvalue weighted by molar-refractivity contribution is -0.138. The molecule has 2 aromatic carbocycles. The fraction of sp³-hybridized carbons (Fsp3) is 0.361. The summed E-state index contributed by atoms with van der Waals surface area (Å²) in [4.78, 5) is 30.0. The predicted octanol–water partition coefficient (Wildman–Crippen LogP) is 6.91. The molecule has 0 radical (unpaired) electrons. The average molecular weight is 650 g/mol. The Balaban J connectivity index is 0.000000185. The number of aromatic nitrogens is 2. The molecule has 3 fully saturated rings. The number of ether oxygens (including phenoxy) is 1. The lowest BCUT2D eigenvalue weighted by Crippen LogP contribution is -2.54. The van der Waals surface area contributed by atoms with E-state index in [4.69, 9.17) is 9.84 Å². The number of piperidine rings is 3. The molecule has 2 bridgehead atoms. The van der Waals surface area contributed by atoms with E-state index in [0.29, 0.717) is 11.8 Å². The molecule has 0 saturated carbocycles. The summed E-state index contributed by atoms with van der Waals surface area (Å²) < 4.78 is 46.0. The maximum atomic E-state index is 13.3. The summed E-state index contributed by atoms with van der Waals surface area (Å²) in [5.41, 5.74) is 1.17. The standard InChI is InChI=1S/C19H22N2O.C17H16F3NO4/c1-2-13-12-21-10-8-14(13)11-18(21)19(22)16-7-9-20-17-6-4-3-5-15(16)17;1-3-25-16(24)12-8-21(9-14(22)23)15(10(12)2)11-6-4-5-7-13(11)17(18,19)20/h2-7,9,13-14,18-19,22H,1,8,10-12H2;4-8H,3,9H2,1-2H3,(H,22,23)/t13-,14-,18+,19-;/m0./s1. The summed E-state index contributed by atoms with van der Waals surface area (Å²) in [5, 5.41) is 21.1. The Labute approximate surface area is 271 Å². The number of aliphatic hydroxyl groups is 1. The minimum atomic E-state index is -4.62. The van der Waals surface area contributed by atoms with Crippen molar-refractivity contribution in [1.29, 1.82) is 0 Å². The maximum absolute atomic E-state index is 13.3. The van der Waals surface area contributed by atoms with Gasteiger partial charge < -0.3 is 19.5 Å². The van der Waals surface area contributed by atoms with Crippen LogP contribution in [0.2, 0.25) is 0 Å². The molecule has 0 amide bonds. The number of carbonyl (C=O) groups is 2. The van der Waals surface area contributed by atoms with Gasteiger partial charge in [-0.3, -0.25) is 14.7 Å². The second kappa shape index (κ2) is 14.1. The number of aliphatic carboxylic acids is 1. The molecule has 3 aliphatic heterocycles. The minimum absolute atomic E-state index is 0.0263. The third-order valence-corrected chi connectivity index (χ3v) is 9.14. The molecule has 0 unspecified atom stereocenters. The summed E-state index contributed by atoms with van der Waals surface area (Å²) in [6.07, 6.45) is 2.35. The molecule has 0 aliphatic carbocycles. The third kappa shape index (κ3) is 7.11. The van der Waals surface area contributed by atoms with Crippen molar-refractivity contribution in [3.8, 4) is 11.3 Å². The van der Waals surface area contributed by atoms with E-state index < -0.39 is 36.3 Å². The van der Waals surface area contributed by atoms with Gasteiger partial charge in [0.2, 0.25) is 0 Å². The highest BCUT2D eigenvalue weighted by atomic mass is 19.4. The monoisotopic (exact) mass is 649 g/mol. The Hall–Kier alpha value is -4.48. The quantitative estimate of drug-likeness (QED) is 0.158. The number of aliphatic hydroxyl groups excluding tert-OH is 1. The van der Waals surface area contributed by atoms with Crippen molar-refractivity contribution in [3.63, 3.8) is 0 Å². The number of rotatable bonds is 8. The van der Waals surface area contributed by atoms with Crippen LogP contribution >= 0.6 is 0 Å². The number of hydrogen-bond donors (Lipinski definition) is 2. The molecule has 47 heavy (non-hydrogen) atoms. The molecule has 5 heterocycles. The highest BCUT2D eigenvalue weighted by molar-refractivity contribution is 5.94. The Morgan fingerprint density at radius 3 is 2.53 bits per heavy atom. The zero-order valence-electron chi connectivity index (χ0n) is 26.3. The number of alkyl halides is 3. The van der Waals surface area contributed by atoms with Gasteiger partial charge in [0.25, 0.3) is 0 Å². The van der Waals surface area contributed by atoms with E-state index in [9.17, 15) is 27.9 Å². The number of nitrogens with zero attached hydrogens (tertiary/aromatic N) is 3. The van der Waals surface area contributed by atoms with E-state index in [1.54, 1.807) is 6.92 Å². The van der Waals surface area contributed by atoms with Gasteiger partial charge in [0.05, 0.1) is 35.0 Å². The fourth-order valence-electron chi connectivity index (χ4n) is 6.93. The van der Waals surface area contributed by atoms with Crippen LogP contribution in [0.25, 0.3) is 22.2 Å². The smallest absolute Gasteiger partial charge is 0.417 e. The number of fused-ring (bicyclic) bond motifs is 4. The first-order chi connectivity index (χ1) is 22.4. The SMILES string of the molecule is C=C[C@H]1C[N@]2CC[C@H]1C[C@@H]2[C@@H](O)c1ccnc2ccccc12.CCOC(=O)c1cn(CC(=O)O)c(-c2ccccc2C(F)(F)F)c1C. The Morgan fingerprint density at radius 2 is 1.87 bits per heavy atom. The van der Waals surface area contributed by atoms with Crippen molar-refractivity contribution in [2.24, 2.45) is 11.8 Å². The van der Waals surface area contributed by atoms with Crippen LogP contribution in [-0.2, 0) is 22.3 Å². The number of pyridine rings is 1. The summed E-state index contributed by atoms with van der Waals surface area (Å²) >= 11 is 0. The molecule has 3 aliphatic rings. The molecule has 0 spiro atoms. The first kappa shape index (κ1) is 33.9. The molecule has 4 aromatic rings. The van der Waals surface area contributed by atoms with E-state index in [1.807, 2.05) is 30.5 Å². The van der Waals surface area contributed by atoms with Crippen LogP contribution in [0.1, 0.15) is 52.9 Å². The number of esters is 1. The summed E-state index contributed by atoms with van der Waals surface area (Å²) in [7, 11) is 0. The van der Waals surface area contributed by atoms with Crippen LogP contribution in [0.3, 0.4) is 0 Å². The molecule has 5 atom stereocenters. The normalized spacial score (nSPS) is 21.1. The van der Waals surface area contributed by atoms with E-state index in [-0.39, 0.29) is 35.0 Å². The van der Waals surface area contributed by atoms with Crippen LogP contribution in [0.5, 0.6) is 0 Å². The zero-order valence-corrected chi connectivity index (χ0v) is 26.3. The van der Waals surface area contributed by atoms with E-state index >= 15 is 0 Å². The van der Waals surface area contributed by atoms with Crippen LogP contribution in [-0.4, -0.2) is 62.3 Å². The molecule has 3 saturated heterocycles. The Morgan fingerprint density at radius 1 is 1.15 bits per heavy atom. The van der Waals surface area contributed by atoms with Crippen LogP contribution in [0, 0.1) is 18.8 Å². The number of benzene rings is 2. The van der Waals surface area contributed by atoms with Gasteiger partial charge in [-0.2, -0.15) is 13.2 Å². The number of halogens is 3. The lowest BCUT2D eigenvalue weighted by Gasteiger charge is -2.50. The van der Waals surface area contributed by atoms with Gasteiger partial charge in [-0.1, -0.05) is 42.5 Å². The van der Waals surface area contributed by atoms with Crippen LogP contribution in [0.4, 0.5) is 13.2 Å². The van der Waals surface area contributed by atoms with Gasteiger partial charge in [-0.05, 0) is 74.4 Å². The molecule has 2 N–H and O–H groups in total. The van der Waals surface area contributed by atoms with Crippen molar-refractivity contribution in [2.45, 2.75) is 51.6 Å². The maximum Gasteiger partial charge on any atom is 0.417 e. The van der Waals surface area contributed by atoms with Crippen molar-refractivity contribution < 1.29 is 37.7 Å². The lowest BCUT2D eigenvalue weighted by atomic mass is 9.73. The van der Waals surface area contributed by atoms with Crippen molar-refractivity contribution in [1.82, 2.24) is 14.5 Å². The van der Waals surface area contributed by atoms with Crippen LogP contribution < -0.4 is 0 Å². The van der Waals surface area contributed by atoms with Crippen molar-refractivity contribution in [3.05, 3.63) is 102 Å². The number of carboxylic acids is 1. The van der Waals surface area contributed by atoms with E-state index in [1.165, 1.54) is 37.7 Å². The molecular weight excluding hydrogens is 611 g/mol. The number of para-hydroxylation sites is 1. The van der Waals surface area contributed by atoms with Crippen molar-refractivity contribution >= 4 is 22.8 Å². The van der Waals surface area contributed by atoms with Gasteiger partial charge in [-0.15, -0.1) is 6.58 Å². The second-order valence-electron chi connectivity index (χ2n) is 11.9. The Bertz CT molecular complexity index is 1760. The molecular formula is C36H38F3N3O5. The third-order valence-electron chi connectivity index (χ3n) is 9.14. The largest absolute Gasteiger partial charge is 0.480 e. The summed E-state index contributed by atoms with van der Waals surface area (Å²) in [6.45, 7) is 8.69. The summed E-state index contributed by atoms with van der Waals surface area (Å²) in [6, 6.07) is 15.1. The first-order valence-electron chi connectivity index (χ1n) is 15.6. The van der Waals surface area contributed by atoms with E-state index in [0.717, 1.165) is 46.6 Å². The molecule has 11 heteroatoms. The fourth-order valence-corrected chi connectivity index (χ4v) is 6.93. The molecule has 2 aromatic heterocycles. The number of carboxylic acid groups (broad SMARTS) is 1. The number of carbonyl (C=O) groups excluding carboxylic acids is 1. The van der Waals surface area contributed by atoms with Gasteiger partial charge >= 0.3 is 18.1 Å². The predicted molar refractivity (Wildman–Crippen MR) is 172 cm³/mol. The molecule has 7 rings (SSSR count). The summed E-state index contributed by atoms with van der Waals surface area (Å²) in [5.74, 6) is -0.687. The zero-order chi connectivity index (χ0) is 33.9. The van der Waals surface area contributed by atoms with Crippen molar-refractivity contribution in [2.75, 3.05) is 19.7 Å². The molecule has 8 nitrogen and oxygen atoms in total. The van der Waals surface area contributed by atoms with Gasteiger partial charge in [0.15, 0.2) is 0 Å². The minimum Gasteiger partial charge on any atom is -0.480 e. The van der Waals surface area contributed by atoms with Gasteiger partial charge in [0, 0.05) is 35.9 Å².